The van der Waals surface area contributed by atoms with Gasteiger partial charge in [-0.1, -0.05) is 12.1 Å². The Morgan fingerprint density at radius 1 is 1.48 bits per heavy atom. The summed E-state index contributed by atoms with van der Waals surface area (Å²) in [5.41, 5.74) is 1.03. The first-order valence-electron chi connectivity index (χ1n) is 7.95. The largest absolute Gasteiger partial charge is 0.497 e. The summed E-state index contributed by atoms with van der Waals surface area (Å²) in [6.45, 7) is 4.09. The molecule has 1 aromatic carbocycles. The highest BCUT2D eigenvalue weighted by atomic mass is 16.5. The predicted octanol–water partition coefficient (Wildman–Crippen LogP) is 0.574. The number of ether oxygens (including phenoxy) is 2. The molecule has 1 amide bonds. The summed E-state index contributed by atoms with van der Waals surface area (Å²) in [5.74, 6) is 0.842. The Kier molecular flexibility index (Phi) is 6.83. The number of rotatable bonds is 7. The quantitative estimate of drug-likeness (QED) is 0.796. The van der Waals surface area contributed by atoms with Gasteiger partial charge in [0.15, 0.2) is 0 Å². The molecule has 6 nitrogen and oxygen atoms in total. The number of hydrogen-bond acceptors (Lipinski definition) is 5. The van der Waals surface area contributed by atoms with Gasteiger partial charge < -0.3 is 19.7 Å². The van der Waals surface area contributed by atoms with Crippen molar-refractivity contribution in [3.8, 4) is 5.75 Å². The van der Waals surface area contributed by atoms with Crippen LogP contribution in [0.4, 0.5) is 0 Å². The summed E-state index contributed by atoms with van der Waals surface area (Å²) in [6.07, 6.45) is 0.171. The van der Waals surface area contributed by atoms with Crippen LogP contribution < -0.4 is 10.1 Å². The highest BCUT2D eigenvalue weighted by Crippen LogP contribution is 2.12. The highest BCUT2D eigenvalue weighted by Gasteiger charge is 2.22. The third kappa shape index (κ3) is 6.17. The molecule has 0 aliphatic carbocycles. The van der Waals surface area contributed by atoms with Gasteiger partial charge in [0, 0.05) is 26.2 Å². The monoisotopic (exact) mass is 321 g/mol. The van der Waals surface area contributed by atoms with Gasteiger partial charge in [-0.2, -0.15) is 0 Å². The van der Waals surface area contributed by atoms with Crippen LogP contribution in [0.5, 0.6) is 5.75 Å². The van der Waals surface area contributed by atoms with E-state index < -0.39 is 0 Å². The number of methoxy groups -OCH3 is 1. The molecule has 0 aromatic heterocycles. The van der Waals surface area contributed by atoms with E-state index in [-0.39, 0.29) is 12.0 Å². The first-order valence-corrected chi connectivity index (χ1v) is 7.95. The maximum Gasteiger partial charge on any atom is 0.234 e. The molecule has 1 aromatic rings. The number of likely N-dealkylation sites (N-methyl/N-ethyl adjacent to an activating group) is 1. The minimum Gasteiger partial charge on any atom is -0.497 e. The Bertz CT molecular complexity index is 508. The third-order valence-electron chi connectivity index (χ3n) is 3.78. The lowest BCUT2D eigenvalue weighted by molar-refractivity contribution is -0.124. The Morgan fingerprint density at radius 3 is 3.04 bits per heavy atom. The van der Waals surface area contributed by atoms with Crippen molar-refractivity contribution in [2.75, 3.05) is 54.0 Å². The van der Waals surface area contributed by atoms with Gasteiger partial charge in [0.25, 0.3) is 0 Å². The second-order valence-corrected chi connectivity index (χ2v) is 6.12. The van der Waals surface area contributed by atoms with Crippen LogP contribution in [0, 0.1) is 0 Å². The Morgan fingerprint density at radius 2 is 2.30 bits per heavy atom. The summed E-state index contributed by atoms with van der Waals surface area (Å²) >= 11 is 0. The zero-order valence-corrected chi connectivity index (χ0v) is 14.2. The number of hydrogen-bond donors (Lipinski definition) is 1. The summed E-state index contributed by atoms with van der Waals surface area (Å²) in [6, 6.07) is 7.73. The minimum absolute atomic E-state index is 0.0401. The molecular formula is C17H27N3O3. The number of carbonyl (C=O) groups excluding carboxylic acids is 1. The van der Waals surface area contributed by atoms with Crippen molar-refractivity contribution in [3.63, 3.8) is 0 Å². The van der Waals surface area contributed by atoms with Crippen molar-refractivity contribution >= 4 is 5.91 Å². The van der Waals surface area contributed by atoms with Crippen LogP contribution in [-0.4, -0.2) is 75.8 Å². The van der Waals surface area contributed by atoms with Gasteiger partial charge in [-0.15, -0.1) is 0 Å². The maximum atomic E-state index is 12.1. The number of morpholine rings is 1. The van der Waals surface area contributed by atoms with E-state index in [1.807, 2.05) is 38.4 Å². The first-order chi connectivity index (χ1) is 11.1. The van der Waals surface area contributed by atoms with Gasteiger partial charge >= 0.3 is 0 Å². The molecule has 0 saturated carbocycles. The SMILES string of the molecule is COc1cccc(CNC(=O)CN2CCO[C@H](CN(C)C)C2)c1. The van der Waals surface area contributed by atoms with Crippen molar-refractivity contribution in [2.24, 2.45) is 0 Å². The van der Waals surface area contributed by atoms with E-state index in [9.17, 15) is 4.79 Å². The van der Waals surface area contributed by atoms with Gasteiger partial charge in [0.05, 0.1) is 26.4 Å². The minimum atomic E-state index is 0.0401. The van der Waals surface area contributed by atoms with Gasteiger partial charge in [-0.3, -0.25) is 9.69 Å². The third-order valence-corrected chi connectivity index (χ3v) is 3.78. The van der Waals surface area contributed by atoms with Crippen molar-refractivity contribution in [3.05, 3.63) is 29.8 Å². The molecule has 1 aliphatic rings. The zero-order chi connectivity index (χ0) is 16.7. The number of nitrogens with zero attached hydrogens (tertiary/aromatic N) is 2. The Hall–Kier alpha value is -1.63. The second kappa shape index (κ2) is 8.86. The van der Waals surface area contributed by atoms with Gasteiger partial charge in [0.2, 0.25) is 5.91 Å². The summed E-state index contributed by atoms with van der Waals surface area (Å²) in [5, 5.41) is 2.97. The molecule has 1 N–H and O–H groups in total. The van der Waals surface area contributed by atoms with E-state index >= 15 is 0 Å². The van der Waals surface area contributed by atoms with Crippen LogP contribution >= 0.6 is 0 Å². The van der Waals surface area contributed by atoms with Gasteiger partial charge in [0.1, 0.15) is 5.75 Å². The van der Waals surface area contributed by atoms with Crippen LogP contribution in [0.25, 0.3) is 0 Å². The molecule has 6 heteroatoms. The number of nitrogens with one attached hydrogen (secondary N) is 1. The average Bonchev–Trinajstić information content (AvgIpc) is 2.53. The molecule has 1 heterocycles. The number of amides is 1. The highest BCUT2D eigenvalue weighted by molar-refractivity contribution is 5.78. The van der Waals surface area contributed by atoms with Crippen LogP contribution in [0.1, 0.15) is 5.56 Å². The standard InChI is InChI=1S/C17H27N3O3/c1-19(2)11-16-12-20(7-8-23-16)13-17(21)18-10-14-5-4-6-15(9-14)22-3/h4-6,9,16H,7-8,10-13H2,1-3H3,(H,18,21)/t16-/m1/s1. The molecular weight excluding hydrogens is 294 g/mol. The molecule has 1 aliphatic heterocycles. The summed E-state index contributed by atoms with van der Waals surface area (Å²) < 4.78 is 10.9. The van der Waals surface area contributed by atoms with E-state index in [2.05, 4.69) is 15.1 Å². The molecule has 0 bridgehead atoms. The molecule has 1 saturated heterocycles. The molecule has 2 rings (SSSR count). The average molecular weight is 321 g/mol. The lowest BCUT2D eigenvalue weighted by Gasteiger charge is -2.33. The van der Waals surface area contributed by atoms with Crippen LogP contribution in [0.3, 0.4) is 0 Å². The molecule has 1 fully saturated rings. The van der Waals surface area contributed by atoms with Crippen molar-refractivity contribution < 1.29 is 14.3 Å². The van der Waals surface area contributed by atoms with Crippen LogP contribution in [-0.2, 0) is 16.1 Å². The summed E-state index contributed by atoms with van der Waals surface area (Å²) in [7, 11) is 5.70. The molecule has 0 unspecified atom stereocenters. The molecule has 1 atom stereocenters. The fourth-order valence-electron chi connectivity index (χ4n) is 2.68. The van der Waals surface area contributed by atoms with Crippen LogP contribution in [0.15, 0.2) is 24.3 Å². The van der Waals surface area contributed by atoms with Crippen LogP contribution in [0.2, 0.25) is 0 Å². The molecule has 0 spiro atoms. The normalized spacial score (nSPS) is 18.9. The first kappa shape index (κ1) is 17.7. The van der Waals surface area contributed by atoms with E-state index in [0.29, 0.717) is 19.7 Å². The van der Waals surface area contributed by atoms with Crippen molar-refractivity contribution in [1.82, 2.24) is 15.1 Å². The fourth-order valence-corrected chi connectivity index (χ4v) is 2.68. The molecule has 128 valence electrons. The molecule has 23 heavy (non-hydrogen) atoms. The number of benzene rings is 1. The van der Waals surface area contributed by atoms with Crippen molar-refractivity contribution in [2.45, 2.75) is 12.6 Å². The van der Waals surface area contributed by atoms with Gasteiger partial charge in [-0.05, 0) is 31.8 Å². The second-order valence-electron chi connectivity index (χ2n) is 6.12. The lowest BCUT2D eigenvalue weighted by atomic mass is 10.2. The maximum absolute atomic E-state index is 12.1. The van der Waals surface area contributed by atoms with Crippen molar-refractivity contribution in [1.29, 1.82) is 0 Å². The predicted molar refractivity (Wildman–Crippen MR) is 89.6 cm³/mol. The zero-order valence-electron chi connectivity index (χ0n) is 14.2. The fraction of sp³-hybridized carbons (Fsp3) is 0.588. The Balaban J connectivity index is 1.75. The number of carbonyl (C=O) groups is 1. The smallest absolute Gasteiger partial charge is 0.234 e. The Labute approximate surface area is 138 Å². The van der Waals surface area contributed by atoms with E-state index in [1.165, 1.54) is 0 Å². The lowest BCUT2D eigenvalue weighted by Crippen LogP contribution is -2.49. The topological polar surface area (TPSA) is 54.0 Å². The van der Waals surface area contributed by atoms with Gasteiger partial charge in [-0.25, -0.2) is 0 Å². The summed E-state index contributed by atoms with van der Waals surface area (Å²) in [4.78, 5) is 16.4. The molecule has 0 radical (unpaired) electrons. The van der Waals surface area contributed by atoms with E-state index in [4.69, 9.17) is 9.47 Å². The van der Waals surface area contributed by atoms with E-state index in [1.54, 1.807) is 7.11 Å². The van der Waals surface area contributed by atoms with E-state index in [0.717, 1.165) is 30.9 Å².